The van der Waals surface area contributed by atoms with Crippen LogP contribution in [0.1, 0.15) is 18.1 Å². The van der Waals surface area contributed by atoms with Crippen molar-refractivity contribution in [2.24, 2.45) is 4.99 Å². The van der Waals surface area contributed by atoms with Crippen molar-refractivity contribution in [2.45, 2.75) is 20.4 Å². The van der Waals surface area contributed by atoms with Crippen LogP contribution in [-0.2, 0) is 6.54 Å². The molecule has 1 aliphatic rings. The number of hydrogen-bond donors (Lipinski definition) is 1. The highest BCUT2D eigenvalue weighted by atomic mass is 127. The van der Waals surface area contributed by atoms with Crippen molar-refractivity contribution in [1.82, 2.24) is 15.2 Å². The lowest BCUT2D eigenvalue weighted by molar-refractivity contribution is 0.337. The molecule has 0 aliphatic carbocycles. The van der Waals surface area contributed by atoms with Gasteiger partial charge in [0.25, 0.3) is 0 Å². The van der Waals surface area contributed by atoms with E-state index in [1.54, 1.807) is 0 Å². The lowest BCUT2D eigenvalue weighted by Gasteiger charge is -2.37. The fourth-order valence-corrected chi connectivity index (χ4v) is 3.34. The molecular formula is C21H30IN5O. The molecule has 1 aromatic carbocycles. The van der Waals surface area contributed by atoms with Crippen LogP contribution in [-0.4, -0.2) is 55.7 Å². The van der Waals surface area contributed by atoms with Crippen LogP contribution < -0.4 is 15.0 Å². The van der Waals surface area contributed by atoms with E-state index in [-0.39, 0.29) is 24.0 Å². The zero-order chi connectivity index (χ0) is 19.1. The maximum absolute atomic E-state index is 5.62. The van der Waals surface area contributed by atoms with E-state index < -0.39 is 0 Å². The maximum Gasteiger partial charge on any atom is 0.194 e. The van der Waals surface area contributed by atoms with Crippen LogP contribution in [0.15, 0.2) is 47.6 Å². The van der Waals surface area contributed by atoms with Gasteiger partial charge < -0.3 is 19.9 Å². The number of nitrogens with one attached hydrogen (secondary N) is 1. The van der Waals surface area contributed by atoms with Gasteiger partial charge in [0.15, 0.2) is 5.96 Å². The third-order valence-corrected chi connectivity index (χ3v) is 4.75. The van der Waals surface area contributed by atoms with Gasteiger partial charge >= 0.3 is 0 Å². The Bertz CT molecular complexity index is 761. The Balaban J connectivity index is 0.00000280. The van der Waals surface area contributed by atoms with Crippen molar-refractivity contribution < 1.29 is 4.74 Å². The summed E-state index contributed by atoms with van der Waals surface area (Å²) in [6, 6.07) is 12.4. The van der Waals surface area contributed by atoms with Crippen molar-refractivity contribution in [2.75, 3.05) is 44.7 Å². The van der Waals surface area contributed by atoms with E-state index in [0.29, 0.717) is 6.61 Å². The zero-order valence-corrected chi connectivity index (χ0v) is 19.2. The predicted octanol–water partition coefficient (Wildman–Crippen LogP) is 3.30. The summed E-state index contributed by atoms with van der Waals surface area (Å²) in [7, 11) is 1.84. The highest BCUT2D eigenvalue weighted by Gasteiger charge is 2.20. The van der Waals surface area contributed by atoms with Gasteiger partial charge in [0.05, 0.1) is 6.61 Å². The van der Waals surface area contributed by atoms with Crippen LogP contribution >= 0.6 is 24.0 Å². The summed E-state index contributed by atoms with van der Waals surface area (Å²) in [5.41, 5.74) is 2.39. The maximum atomic E-state index is 5.62. The highest BCUT2D eigenvalue weighted by Crippen LogP contribution is 2.19. The number of rotatable bonds is 5. The van der Waals surface area contributed by atoms with Crippen molar-refractivity contribution in [3.63, 3.8) is 0 Å². The van der Waals surface area contributed by atoms with Crippen LogP contribution in [0.25, 0.3) is 0 Å². The number of hydrogen-bond acceptors (Lipinski definition) is 4. The molecule has 6 nitrogen and oxygen atoms in total. The van der Waals surface area contributed by atoms with Crippen molar-refractivity contribution in [3.05, 3.63) is 53.7 Å². The number of nitrogens with zero attached hydrogens (tertiary/aromatic N) is 4. The van der Waals surface area contributed by atoms with Gasteiger partial charge in [-0.3, -0.25) is 4.99 Å². The first-order chi connectivity index (χ1) is 13.2. The lowest BCUT2D eigenvalue weighted by atomic mass is 10.1. The average Bonchev–Trinajstić information content (AvgIpc) is 2.71. The van der Waals surface area contributed by atoms with Gasteiger partial charge in [-0.25, -0.2) is 4.98 Å². The number of ether oxygens (including phenoxy) is 1. The second-order valence-corrected chi connectivity index (χ2v) is 6.60. The molecule has 2 heterocycles. The highest BCUT2D eigenvalue weighted by molar-refractivity contribution is 14.0. The smallest absolute Gasteiger partial charge is 0.194 e. The summed E-state index contributed by atoms with van der Waals surface area (Å²) in [5.74, 6) is 2.95. The summed E-state index contributed by atoms with van der Waals surface area (Å²) < 4.78 is 5.62. The van der Waals surface area contributed by atoms with E-state index in [9.17, 15) is 0 Å². The third-order valence-electron chi connectivity index (χ3n) is 4.75. The Hall–Kier alpha value is -2.03. The fourth-order valence-electron chi connectivity index (χ4n) is 3.34. The molecular weight excluding hydrogens is 465 g/mol. The van der Waals surface area contributed by atoms with Gasteiger partial charge in [-0.2, -0.15) is 0 Å². The second kappa shape index (κ2) is 11.1. The molecule has 0 saturated carbocycles. The number of aryl methyl sites for hydroxylation is 1. The minimum Gasteiger partial charge on any atom is -0.494 e. The topological polar surface area (TPSA) is 53.0 Å². The van der Waals surface area contributed by atoms with Crippen LogP contribution in [0.5, 0.6) is 5.75 Å². The van der Waals surface area contributed by atoms with Gasteiger partial charge in [-0.15, -0.1) is 24.0 Å². The third kappa shape index (κ3) is 5.73. The number of pyridine rings is 1. The summed E-state index contributed by atoms with van der Waals surface area (Å²) in [6.45, 7) is 9.28. The Labute approximate surface area is 185 Å². The molecule has 0 bridgehead atoms. The number of halogens is 1. The average molecular weight is 495 g/mol. The minimum atomic E-state index is 0. The zero-order valence-electron chi connectivity index (χ0n) is 16.9. The molecule has 1 N–H and O–H groups in total. The largest absolute Gasteiger partial charge is 0.494 e. The Morgan fingerprint density at radius 1 is 1.18 bits per heavy atom. The molecule has 7 heteroatoms. The first-order valence-corrected chi connectivity index (χ1v) is 9.55. The van der Waals surface area contributed by atoms with E-state index in [1.807, 2.05) is 38.4 Å². The fraction of sp³-hybridized carbons (Fsp3) is 0.429. The Morgan fingerprint density at radius 3 is 2.57 bits per heavy atom. The Kier molecular flexibility index (Phi) is 8.82. The molecule has 2 aromatic rings. The molecule has 28 heavy (non-hydrogen) atoms. The quantitative estimate of drug-likeness (QED) is 0.392. The molecule has 1 aromatic heterocycles. The molecule has 3 rings (SSSR count). The molecule has 0 spiro atoms. The normalized spacial score (nSPS) is 14.5. The molecule has 0 radical (unpaired) electrons. The van der Waals surface area contributed by atoms with E-state index >= 15 is 0 Å². The number of guanidine groups is 1. The second-order valence-electron chi connectivity index (χ2n) is 6.60. The summed E-state index contributed by atoms with van der Waals surface area (Å²) in [5, 5.41) is 3.49. The number of aromatic nitrogens is 1. The summed E-state index contributed by atoms with van der Waals surface area (Å²) >= 11 is 0. The number of aliphatic imine (C=N–C) groups is 1. The lowest BCUT2D eigenvalue weighted by Crippen LogP contribution is -2.52. The van der Waals surface area contributed by atoms with Crippen molar-refractivity contribution in [3.8, 4) is 5.75 Å². The van der Waals surface area contributed by atoms with Crippen LogP contribution in [0.3, 0.4) is 0 Å². The first kappa shape index (κ1) is 22.3. The molecule has 1 aliphatic heterocycles. The van der Waals surface area contributed by atoms with E-state index in [4.69, 9.17) is 4.74 Å². The number of benzene rings is 1. The first-order valence-electron chi connectivity index (χ1n) is 9.55. The van der Waals surface area contributed by atoms with E-state index in [0.717, 1.165) is 55.8 Å². The van der Waals surface area contributed by atoms with Crippen molar-refractivity contribution in [1.29, 1.82) is 0 Å². The molecule has 152 valence electrons. The number of anilines is 1. The molecule has 1 saturated heterocycles. The van der Waals surface area contributed by atoms with Gasteiger partial charge in [0.1, 0.15) is 11.6 Å². The van der Waals surface area contributed by atoms with Gasteiger partial charge in [0, 0.05) is 46.0 Å². The Morgan fingerprint density at radius 2 is 1.96 bits per heavy atom. The predicted molar refractivity (Wildman–Crippen MR) is 126 cm³/mol. The standard InChI is InChI=1S/C21H29N5O.HI/c1-4-27-19-9-8-18(15-17(19)2)16-24-21(22-3)26-13-11-25(12-14-26)20-7-5-6-10-23-20;/h5-10,15H,4,11-14,16H2,1-3H3,(H,22,24);1H. The minimum absolute atomic E-state index is 0. The molecule has 0 amide bonds. The summed E-state index contributed by atoms with van der Waals surface area (Å²) in [4.78, 5) is 13.5. The SMILES string of the molecule is CCOc1ccc(CNC(=NC)N2CCN(c3ccccn3)CC2)cc1C.I. The van der Waals surface area contributed by atoms with E-state index in [1.165, 1.54) is 5.56 Å². The van der Waals surface area contributed by atoms with Crippen molar-refractivity contribution >= 4 is 35.8 Å². The molecule has 0 unspecified atom stereocenters. The van der Waals surface area contributed by atoms with E-state index in [2.05, 4.69) is 50.2 Å². The molecule has 0 atom stereocenters. The van der Waals surface area contributed by atoms with Crippen LogP contribution in [0, 0.1) is 6.92 Å². The number of piperazine rings is 1. The van der Waals surface area contributed by atoms with Gasteiger partial charge in [-0.05, 0) is 43.2 Å². The molecule has 1 fully saturated rings. The summed E-state index contributed by atoms with van der Waals surface area (Å²) in [6.07, 6.45) is 1.85. The van der Waals surface area contributed by atoms with Crippen LogP contribution in [0.2, 0.25) is 0 Å². The van der Waals surface area contributed by atoms with Crippen LogP contribution in [0.4, 0.5) is 5.82 Å². The monoisotopic (exact) mass is 495 g/mol. The van der Waals surface area contributed by atoms with Gasteiger partial charge in [0.2, 0.25) is 0 Å². The van der Waals surface area contributed by atoms with Gasteiger partial charge in [-0.1, -0.05) is 18.2 Å².